The number of hydrogen-bond acceptors (Lipinski definition) is 3. The molecule has 0 aromatic carbocycles. The highest BCUT2D eigenvalue weighted by Gasteiger charge is 2.20. The van der Waals surface area contributed by atoms with E-state index in [9.17, 15) is 4.79 Å². The maximum Gasteiger partial charge on any atom is 0.272 e. The van der Waals surface area contributed by atoms with Crippen LogP contribution in [-0.2, 0) is 4.74 Å². The van der Waals surface area contributed by atoms with E-state index in [0.29, 0.717) is 16.2 Å². The highest BCUT2D eigenvalue weighted by Crippen LogP contribution is 2.15. The van der Waals surface area contributed by atoms with Crippen LogP contribution in [0.5, 0.6) is 0 Å². The Kier molecular flexibility index (Phi) is 4.72. The van der Waals surface area contributed by atoms with Crippen LogP contribution in [-0.4, -0.2) is 42.6 Å². The molecule has 98 valence electrons. The Balaban J connectivity index is 1.95. The molecule has 0 bridgehead atoms. The van der Waals surface area contributed by atoms with E-state index in [0.717, 1.165) is 32.6 Å². The average Bonchev–Trinajstić information content (AvgIpc) is 2.39. The maximum atomic E-state index is 12.2. The minimum atomic E-state index is -0.0399. The summed E-state index contributed by atoms with van der Waals surface area (Å²) in [6, 6.07) is 5.37. The Bertz CT molecular complexity index is 419. The van der Waals surface area contributed by atoms with Gasteiger partial charge in [0.05, 0.1) is 6.61 Å². The van der Waals surface area contributed by atoms with Crippen LogP contribution in [0.3, 0.4) is 0 Å². The number of pyridine rings is 1. The van der Waals surface area contributed by atoms with Gasteiger partial charge in [0.15, 0.2) is 0 Å². The van der Waals surface area contributed by atoms with Gasteiger partial charge in [-0.15, -0.1) is 0 Å². The molecule has 1 aromatic rings. The number of ether oxygens (including phenoxy) is 1. The van der Waals surface area contributed by atoms with Crippen LogP contribution in [0.2, 0.25) is 0 Å². The standard InChI is InChI=1S/C13H17BrN2O2/c1-16(8-10-4-3-7-18-9-10)13(17)11-5-2-6-12(14)15-11/h2,5-6,10H,3-4,7-9H2,1H3. The van der Waals surface area contributed by atoms with E-state index in [2.05, 4.69) is 20.9 Å². The lowest BCUT2D eigenvalue weighted by Gasteiger charge is -2.27. The minimum absolute atomic E-state index is 0.0399. The summed E-state index contributed by atoms with van der Waals surface area (Å²) in [6.07, 6.45) is 2.21. The van der Waals surface area contributed by atoms with Crippen molar-refractivity contribution in [1.29, 1.82) is 0 Å². The third-order valence-electron chi connectivity index (χ3n) is 3.07. The van der Waals surface area contributed by atoms with Gasteiger partial charge in [-0.25, -0.2) is 4.98 Å². The molecule has 1 aliphatic rings. The molecule has 0 spiro atoms. The van der Waals surface area contributed by atoms with Gasteiger partial charge in [0.1, 0.15) is 10.3 Å². The van der Waals surface area contributed by atoms with Crippen molar-refractivity contribution in [1.82, 2.24) is 9.88 Å². The molecule has 1 aliphatic heterocycles. The molecule has 1 atom stereocenters. The molecular weight excluding hydrogens is 296 g/mol. The number of carbonyl (C=O) groups is 1. The topological polar surface area (TPSA) is 42.4 Å². The lowest BCUT2D eigenvalue weighted by Crippen LogP contribution is -2.35. The zero-order chi connectivity index (χ0) is 13.0. The first-order valence-corrected chi connectivity index (χ1v) is 6.92. The van der Waals surface area contributed by atoms with Crippen molar-refractivity contribution in [2.45, 2.75) is 12.8 Å². The molecule has 5 heteroatoms. The van der Waals surface area contributed by atoms with Crippen molar-refractivity contribution in [2.24, 2.45) is 5.92 Å². The molecule has 4 nitrogen and oxygen atoms in total. The quantitative estimate of drug-likeness (QED) is 0.805. The van der Waals surface area contributed by atoms with Crippen molar-refractivity contribution in [2.75, 3.05) is 26.8 Å². The second-order valence-corrected chi connectivity index (χ2v) is 5.43. The fraction of sp³-hybridized carbons (Fsp3) is 0.538. The highest BCUT2D eigenvalue weighted by atomic mass is 79.9. The van der Waals surface area contributed by atoms with Crippen molar-refractivity contribution >= 4 is 21.8 Å². The molecule has 0 radical (unpaired) electrons. The van der Waals surface area contributed by atoms with Crippen LogP contribution in [0.1, 0.15) is 23.3 Å². The number of carbonyl (C=O) groups excluding carboxylic acids is 1. The molecular formula is C13H17BrN2O2. The van der Waals surface area contributed by atoms with E-state index < -0.39 is 0 Å². The van der Waals surface area contributed by atoms with Crippen molar-refractivity contribution < 1.29 is 9.53 Å². The fourth-order valence-electron chi connectivity index (χ4n) is 2.14. The summed E-state index contributed by atoms with van der Waals surface area (Å²) in [5.41, 5.74) is 0.476. The normalized spacial score (nSPS) is 19.6. The van der Waals surface area contributed by atoms with Crippen LogP contribution in [0.15, 0.2) is 22.8 Å². The molecule has 0 N–H and O–H groups in total. The Morgan fingerprint density at radius 2 is 2.44 bits per heavy atom. The Hall–Kier alpha value is -0.940. The first-order valence-electron chi connectivity index (χ1n) is 6.12. The van der Waals surface area contributed by atoms with Gasteiger partial charge in [-0.05, 0) is 46.8 Å². The summed E-state index contributed by atoms with van der Waals surface area (Å²) in [5.74, 6) is 0.404. The molecule has 18 heavy (non-hydrogen) atoms. The minimum Gasteiger partial charge on any atom is -0.381 e. The zero-order valence-electron chi connectivity index (χ0n) is 10.4. The average molecular weight is 313 g/mol. The highest BCUT2D eigenvalue weighted by molar-refractivity contribution is 9.10. The Labute approximate surface area is 115 Å². The second kappa shape index (κ2) is 6.29. The number of hydrogen-bond donors (Lipinski definition) is 0. The van der Waals surface area contributed by atoms with Crippen molar-refractivity contribution in [3.8, 4) is 0 Å². The van der Waals surface area contributed by atoms with Gasteiger partial charge >= 0.3 is 0 Å². The SMILES string of the molecule is CN(CC1CCCOC1)C(=O)c1cccc(Br)n1. The maximum absolute atomic E-state index is 12.2. The largest absolute Gasteiger partial charge is 0.381 e. The number of nitrogens with zero attached hydrogens (tertiary/aromatic N) is 2. The van der Waals surface area contributed by atoms with Crippen LogP contribution >= 0.6 is 15.9 Å². The monoisotopic (exact) mass is 312 g/mol. The number of halogens is 1. The Morgan fingerprint density at radius 1 is 1.61 bits per heavy atom. The van der Waals surface area contributed by atoms with Crippen molar-refractivity contribution in [3.05, 3.63) is 28.5 Å². The summed E-state index contributed by atoms with van der Waals surface area (Å²) in [5, 5.41) is 0. The predicted octanol–water partition coefficient (Wildman–Crippen LogP) is 2.34. The van der Waals surface area contributed by atoms with Gasteiger partial charge < -0.3 is 9.64 Å². The Morgan fingerprint density at radius 3 is 3.11 bits per heavy atom. The number of aromatic nitrogens is 1. The number of rotatable bonds is 3. The molecule has 1 aromatic heterocycles. The summed E-state index contributed by atoms with van der Waals surface area (Å²) in [6.45, 7) is 2.33. The van der Waals surface area contributed by atoms with E-state index >= 15 is 0 Å². The van der Waals surface area contributed by atoms with E-state index in [1.807, 2.05) is 19.2 Å². The molecule has 1 saturated heterocycles. The van der Waals surface area contributed by atoms with E-state index in [1.165, 1.54) is 0 Å². The first-order chi connectivity index (χ1) is 8.66. The van der Waals surface area contributed by atoms with E-state index in [4.69, 9.17) is 4.74 Å². The lowest BCUT2D eigenvalue weighted by molar-refractivity contribution is 0.0387. The molecule has 0 aliphatic carbocycles. The van der Waals surface area contributed by atoms with E-state index in [-0.39, 0.29) is 5.91 Å². The summed E-state index contributed by atoms with van der Waals surface area (Å²) in [7, 11) is 1.82. The summed E-state index contributed by atoms with van der Waals surface area (Å²) < 4.78 is 6.11. The smallest absolute Gasteiger partial charge is 0.272 e. The van der Waals surface area contributed by atoms with Crippen LogP contribution in [0.4, 0.5) is 0 Å². The molecule has 1 fully saturated rings. The van der Waals surface area contributed by atoms with Crippen LogP contribution < -0.4 is 0 Å². The van der Waals surface area contributed by atoms with Crippen LogP contribution in [0.25, 0.3) is 0 Å². The third kappa shape index (κ3) is 3.53. The van der Waals surface area contributed by atoms with E-state index in [1.54, 1.807) is 11.0 Å². The molecule has 0 saturated carbocycles. The molecule has 1 amide bonds. The predicted molar refractivity (Wildman–Crippen MR) is 72.4 cm³/mol. The molecule has 2 rings (SSSR count). The van der Waals surface area contributed by atoms with Gasteiger partial charge in [-0.3, -0.25) is 4.79 Å². The number of amides is 1. The fourth-order valence-corrected chi connectivity index (χ4v) is 2.49. The zero-order valence-corrected chi connectivity index (χ0v) is 12.0. The summed E-state index contributed by atoms with van der Waals surface area (Å²) >= 11 is 3.28. The molecule has 2 heterocycles. The van der Waals surface area contributed by atoms with Gasteiger partial charge in [0, 0.05) is 20.2 Å². The lowest BCUT2D eigenvalue weighted by atomic mass is 10.0. The van der Waals surface area contributed by atoms with Gasteiger partial charge in [-0.2, -0.15) is 0 Å². The second-order valence-electron chi connectivity index (χ2n) is 4.61. The van der Waals surface area contributed by atoms with Crippen molar-refractivity contribution in [3.63, 3.8) is 0 Å². The molecule has 1 unspecified atom stereocenters. The van der Waals surface area contributed by atoms with Gasteiger partial charge in [0.25, 0.3) is 5.91 Å². The third-order valence-corrected chi connectivity index (χ3v) is 3.51. The van der Waals surface area contributed by atoms with Gasteiger partial charge in [0.2, 0.25) is 0 Å². The summed E-state index contributed by atoms with van der Waals surface area (Å²) in [4.78, 5) is 18.1. The first kappa shape index (κ1) is 13.5. The van der Waals surface area contributed by atoms with Gasteiger partial charge in [-0.1, -0.05) is 6.07 Å². The van der Waals surface area contributed by atoms with Crippen LogP contribution in [0, 0.1) is 5.92 Å².